The molecule has 1 aromatic heterocycles. The van der Waals surface area contributed by atoms with Gasteiger partial charge in [0, 0.05) is 18.1 Å². The Kier molecular flexibility index (Phi) is 5.00. The Morgan fingerprint density at radius 3 is 2.41 bits per heavy atom. The van der Waals surface area contributed by atoms with Crippen LogP contribution in [0.5, 0.6) is 0 Å². The molecule has 0 bridgehead atoms. The van der Waals surface area contributed by atoms with Crippen LogP contribution >= 0.6 is 23.2 Å². The van der Waals surface area contributed by atoms with Gasteiger partial charge in [-0.3, -0.25) is 4.79 Å². The maximum atomic E-state index is 13.3. The minimum absolute atomic E-state index is 0.0332. The number of rotatable bonds is 2. The van der Waals surface area contributed by atoms with Crippen LogP contribution in [0.25, 0.3) is 0 Å². The number of halogens is 5. The molecule has 0 aliphatic carbocycles. The maximum Gasteiger partial charge on any atom is 0.451 e. The lowest BCUT2D eigenvalue weighted by molar-refractivity contribution is -0.148. The zero-order valence-electron chi connectivity index (χ0n) is 14.7. The highest BCUT2D eigenvalue weighted by atomic mass is 35.5. The molecule has 150 valence electrons. The molecular weight excluding hydrogens is 428 g/mol. The van der Waals surface area contributed by atoms with Crippen molar-refractivity contribution >= 4 is 29.1 Å². The molecule has 1 atom stereocenters. The van der Waals surface area contributed by atoms with E-state index < -0.39 is 23.9 Å². The zero-order chi connectivity index (χ0) is 20.8. The smallest absolute Gasteiger partial charge is 0.322 e. The molecule has 0 saturated carbocycles. The van der Waals surface area contributed by atoms with Gasteiger partial charge in [0.15, 0.2) is 5.82 Å². The van der Waals surface area contributed by atoms with Crippen molar-refractivity contribution in [1.29, 1.82) is 0 Å². The van der Waals surface area contributed by atoms with Gasteiger partial charge in [0.1, 0.15) is 6.04 Å². The summed E-state index contributed by atoms with van der Waals surface area (Å²) in [5.41, 5.74) is 0.828. The molecule has 1 aliphatic rings. The first kappa shape index (κ1) is 19.7. The molecule has 2 heterocycles. The Hall–Kier alpha value is -2.58. The SMILES string of the molecule is O=C(c1ccc(Cl)cc1Cl)N1CCn2c(nnc2C(F)(F)F)[C@@H]1c1ccccc1. The number of carbonyl (C=O) groups excluding carboxylic acids is 1. The van der Waals surface area contributed by atoms with Gasteiger partial charge in [-0.05, 0) is 23.8 Å². The van der Waals surface area contributed by atoms with Crippen molar-refractivity contribution in [1.82, 2.24) is 19.7 Å². The predicted molar refractivity (Wildman–Crippen MR) is 101 cm³/mol. The molecule has 4 rings (SSSR count). The standard InChI is InChI=1S/C19H13Cl2F3N4O/c20-12-6-7-13(14(21)10-12)17(29)27-8-9-28-16(25-26-18(28)19(22,23)24)15(27)11-4-2-1-3-5-11/h1-7,10,15H,8-9H2/t15-/m0/s1. The fraction of sp³-hybridized carbons (Fsp3) is 0.211. The minimum Gasteiger partial charge on any atom is -0.322 e. The van der Waals surface area contributed by atoms with Crippen LogP contribution in [0.1, 0.15) is 33.6 Å². The third-order valence-electron chi connectivity index (χ3n) is 4.69. The van der Waals surface area contributed by atoms with E-state index in [0.717, 1.165) is 4.57 Å². The second kappa shape index (κ2) is 7.35. The number of amides is 1. The third-order valence-corrected chi connectivity index (χ3v) is 5.24. The van der Waals surface area contributed by atoms with E-state index in [2.05, 4.69) is 10.2 Å². The number of hydrogen-bond donors (Lipinski definition) is 0. The Morgan fingerprint density at radius 1 is 1.03 bits per heavy atom. The number of nitrogens with zero attached hydrogens (tertiary/aromatic N) is 4. The monoisotopic (exact) mass is 440 g/mol. The molecule has 0 unspecified atom stereocenters. The lowest BCUT2D eigenvalue weighted by Crippen LogP contribution is -2.43. The quantitative estimate of drug-likeness (QED) is 0.572. The van der Waals surface area contributed by atoms with Crippen molar-refractivity contribution in [2.75, 3.05) is 6.54 Å². The summed E-state index contributed by atoms with van der Waals surface area (Å²) in [5, 5.41) is 7.67. The average molecular weight is 441 g/mol. The van der Waals surface area contributed by atoms with Crippen molar-refractivity contribution in [3.8, 4) is 0 Å². The summed E-state index contributed by atoms with van der Waals surface area (Å²) in [6.07, 6.45) is -4.64. The first-order valence-electron chi connectivity index (χ1n) is 8.58. The van der Waals surface area contributed by atoms with Gasteiger partial charge in [0.2, 0.25) is 5.82 Å². The largest absolute Gasteiger partial charge is 0.451 e. The van der Waals surface area contributed by atoms with E-state index >= 15 is 0 Å². The molecule has 1 amide bonds. The maximum absolute atomic E-state index is 13.3. The Balaban J connectivity index is 1.82. The van der Waals surface area contributed by atoms with Crippen molar-refractivity contribution < 1.29 is 18.0 Å². The number of alkyl halides is 3. The van der Waals surface area contributed by atoms with Gasteiger partial charge in [-0.1, -0.05) is 53.5 Å². The lowest BCUT2D eigenvalue weighted by Gasteiger charge is -2.36. The van der Waals surface area contributed by atoms with Gasteiger partial charge < -0.3 is 9.47 Å². The summed E-state index contributed by atoms with van der Waals surface area (Å²) < 4.78 is 41.0. The molecule has 29 heavy (non-hydrogen) atoms. The molecular formula is C19H13Cl2F3N4O. The highest BCUT2D eigenvalue weighted by Gasteiger charge is 2.43. The summed E-state index contributed by atoms with van der Waals surface area (Å²) >= 11 is 12.1. The summed E-state index contributed by atoms with van der Waals surface area (Å²) in [6.45, 7) is -0.0527. The van der Waals surface area contributed by atoms with Gasteiger partial charge in [-0.2, -0.15) is 13.2 Å². The highest BCUT2D eigenvalue weighted by Crippen LogP contribution is 2.37. The van der Waals surface area contributed by atoms with Gasteiger partial charge in [0.05, 0.1) is 10.6 Å². The molecule has 3 aromatic rings. The van der Waals surface area contributed by atoms with Crippen LogP contribution in [-0.4, -0.2) is 32.1 Å². The van der Waals surface area contributed by atoms with Crippen molar-refractivity contribution in [3.63, 3.8) is 0 Å². The highest BCUT2D eigenvalue weighted by molar-refractivity contribution is 6.36. The molecule has 5 nitrogen and oxygen atoms in total. The Labute approximate surface area is 173 Å². The molecule has 0 radical (unpaired) electrons. The first-order valence-corrected chi connectivity index (χ1v) is 9.34. The topological polar surface area (TPSA) is 51.0 Å². The minimum atomic E-state index is -4.64. The van der Waals surface area contributed by atoms with Gasteiger partial charge in [-0.25, -0.2) is 0 Å². The zero-order valence-corrected chi connectivity index (χ0v) is 16.2. The van der Waals surface area contributed by atoms with Gasteiger partial charge in [0.25, 0.3) is 5.91 Å². The average Bonchev–Trinajstić information content (AvgIpc) is 3.12. The van der Waals surface area contributed by atoms with Crippen LogP contribution in [0, 0.1) is 0 Å². The number of benzene rings is 2. The molecule has 10 heteroatoms. The van der Waals surface area contributed by atoms with Crippen LogP contribution in [0.15, 0.2) is 48.5 Å². The van der Waals surface area contributed by atoms with E-state index in [1.54, 1.807) is 30.3 Å². The summed E-state index contributed by atoms with van der Waals surface area (Å²) in [5.74, 6) is -1.46. The fourth-order valence-electron chi connectivity index (χ4n) is 3.42. The first-order chi connectivity index (χ1) is 13.8. The molecule has 2 aromatic carbocycles. The van der Waals surface area contributed by atoms with Crippen LogP contribution in [0.2, 0.25) is 10.0 Å². The fourth-order valence-corrected chi connectivity index (χ4v) is 3.91. The van der Waals surface area contributed by atoms with Gasteiger partial charge >= 0.3 is 6.18 Å². The van der Waals surface area contributed by atoms with E-state index in [-0.39, 0.29) is 29.5 Å². The molecule has 0 N–H and O–H groups in total. The third kappa shape index (κ3) is 3.58. The summed E-state index contributed by atoms with van der Waals surface area (Å²) in [7, 11) is 0. The number of carbonyl (C=O) groups is 1. The molecule has 0 saturated heterocycles. The second-order valence-corrected chi connectivity index (χ2v) is 7.31. The van der Waals surface area contributed by atoms with Crippen LogP contribution in [0.3, 0.4) is 0 Å². The van der Waals surface area contributed by atoms with E-state index in [0.29, 0.717) is 10.6 Å². The van der Waals surface area contributed by atoms with Crippen molar-refractivity contribution in [2.24, 2.45) is 0 Å². The van der Waals surface area contributed by atoms with E-state index in [4.69, 9.17) is 23.2 Å². The number of fused-ring (bicyclic) bond motifs is 1. The molecule has 1 aliphatic heterocycles. The lowest BCUT2D eigenvalue weighted by atomic mass is 10.0. The van der Waals surface area contributed by atoms with Crippen molar-refractivity contribution in [3.05, 3.63) is 81.4 Å². The predicted octanol–water partition coefficient (Wildman–Crippen LogP) is 4.85. The summed E-state index contributed by atoms with van der Waals surface area (Å²) in [4.78, 5) is 14.7. The number of hydrogen-bond acceptors (Lipinski definition) is 3. The van der Waals surface area contributed by atoms with Crippen LogP contribution in [0.4, 0.5) is 13.2 Å². The van der Waals surface area contributed by atoms with Crippen molar-refractivity contribution in [2.45, 2.75) is 18.8 Å². The molecule has 0 fully saturated rings. The second-order valence-electron chi connectivity index (χ2n) is 6.47. The Bertz CT molecular complexity index is 1070. The Morgan fingerprint density at radius 2 is 1.76 bits per heavy atom. The van der Waals surface area contributed by atoms with Crippen LogP contribution < -0.4 is 0 Å². The van der Waals surface area contributed by atoms with E-state index in [1.165, 1.54) is 23.1 Å². The molecule has 0 spiro atoms. The van der Waals surface area contributed by atoms with E-state index in [1.807, 2.05) is 0 Å². The van der Waals surface area contributed by atoms with Gasteiger partial charge in [-0.15, -0.1) is 10.2 Å². The normalized spacial score (nSPS) is 16.6. The van der Waals surface area contributed by atoms with Crippen LogP contribution in [-0.2, 0) is 12.7 Å². The number of aromatic nitrogens is 3. The van der Waals surface area contributed by atoms with E-state index in [9.17, 15) is 18.0 Å². The summed E-state index contributed by atoms with van der Waals surface area (Å²) in [6, 6.07) is 12.4.